The number of aryl methyl sites for hydroxylation is 1. The van der Waals surface area contributed by atoms with Crippen LogP contribution in [0.25, 0.3) is 10.9 Å². The van der Waals surface area contributed by atoms with Crippen LogP contribution in [-0.4, -0.2) is 45.3 Å². The highest BCUT2D eigenvalue weighted by atomic mass is 16.3. The van der Waals surface area contributed by atoms with Crippen LogP contribution in [0.1, 0.15) is 41.6 Å². The molecule has 2 aromatic carbocycles. The van der Waals surface area contributed by atoms with Crippen LogP contribution in [0, 0.1) is 12.8 Å². The number of phenols is 1. The van der Waals surface area contributed by atoms with E-state index in [1.807, 2.05) is 12.1 Å². The zero-order valence-corrected chi connectivity index (χ0v) is 17.6. The van der Waals surface area contributed by atoms with Gasteiger partial charge in [0.2, 0.25) is 0 Å². The Bertz CT molecular complexity index is 1130. The summed E-state index contributed by atoms with van der Waals surface area (Å²) in [6.45, 7) is 4.98. The van der Waals surface area contributed by atoms with Crippen molar-refractivity contribution in [3.8, 4) is 5.75 Å². The van der Waals surface area contributed by atoms with Gasteiger partial charge in [-0.15, -0.1) is 0 Å². The van der Waals surface area contributed by atoms with Crippen molar-refractivity contribution in [2.75, 3.05) is 19.6 Å². The van der Waals surface area contributed by atoms with Gasteiger partial charge in [-0.1, -0.05) is 24.3 Å². The van der Waals surface area contributed by atoms with Crippen LogP contribution in [0.4, 0.5) is 0 Å². The van der Waals surface area contributed by atoms with Crippen LogP contribution in [0.15, 0.2) is 42.5 Å². The first-order valence-electron chi connectivity index (χ1n) is 11.3. The highest BCUT2D eigenvalue weighted by molar-refractivity contribution is 5.88. The lowest BCUT2D eigenvalue weighted by Gasteiger charge is -2.56. The van der Waals surface area contributed by atoms with E-state index in [1.165, 1.54) is 40.6 Å². The van der Waals surface area contributed by atoms with Crippen molar-refractivity contribution in [3.63, 3.8) is 0 Å². The Balaban J connectivity index is 1.51. The Labute approximate surface area is 177 Å². The third-order valence-corrected chi connectivity index (χ3v) is 8.02. The number of fused-ring (bicyclic) bond motifs is 4. The highest BCUT2D eigenvalue weighted by Crippen LogP contribution is 2.52. The summed E-state index contributed by atoms with van der Waals surface area (Å²) >= 11 is 0. The second-order valence-electron chi connectivity index (χ2n) is 10.0. The maximum Gasteiger partial charge on any atom is 0.115 e. The lowest BCUT2D eigenvalue weighted by Crippen LogP contribution is -2.66. The van der Waals surface area contributed by atoms with Crippen LogP contribution in [0.3, 0.4) is 0 Å². The number of benzene rings is 2. The Morgan fingerprint density at radius 2 is 1.97 bits per heavy atom. The van der Waals surface area contributed by atoms with E-state index in [4.69, 9.17) is 0 Å². The maximum absolute atomic E-state index is 12.4. The molecule has 0 amide bonds. The van der Waals surface area contributed by atoms with Crippen LogP contribution >= 0.6 is 0 Å². The summed E-state index contributed by atoms with van der Waals surface area (Å²) in [5.74, 6) is 1.10. The van der Waals surface area contributed by atoms with Crippen LogP contribution in [0.5, 0.6) is 5.75 Å². The molecular formula is C26H30N2O2. The summed E-state index contributed by atoms with van der Waals surface area (Å²) < 4.78 is 0. The summed E-state index contributed by atoms with van der Waals surface area (Å²) in [5.41, 5.74) is 4.81. The average Bonchev–Trinajstić information content (AvgIpc) is 3.45. The number of rotatable bonds is 3. The molecule has 1 saturated carbocycles. The fourth-order valence-corrected chi connectivity index (χ4v) is 6.30. The molecule has 0 spiro atoms. The maximum atomic E-state index is 12.4. The molecule has 1 aromatic heterocycles. The molecule has 0 radical (unpaired) electrons. The molecule has 3 aliphatic rings. The third-order valence-electron chi connectivity index (χ3n) is 8.02. The molecule has 0 bridgehead atoms. The molecule has 2 fully saturated rings. The Morgan fingerprint density at radius 1 is 1.13 bits per heavy atom. The van der Waals surface area contributed by atoms with E-state index in [2.05, 4.69) is 41.1 Å². The summed E-state index contributed by atoms with van der Waals surface area (Å²) in [5, 5.41) is 23.9. The third kappa shape index (κ3) is 2.67. The van der Waals surface area contributed by atoms with Gasteiger partial charge in [-0.05, 0) is 73.5 Å². The number of aromatic amines is 1. The fourth-order valence-electron chi connectivity index (χ4n) is 6.30. The molecule has 3 aromatic rings. The molecule has 2 aliphatic carbocycles. The van der Waals surface area contributed by atoms with Gasteiger partial charge >= 0.3 is 0 Å². The zero-order chi connectivity index (χ0) is 20.5. The average molecular weight is 403 g/mol. The van der Waals surface area contributed by atoms with Gasteiger partial charge in [0.1, 0.15) is 5.75 Å². The smallest absolute Gasteiger partial charge is 0.115 e. The van der Waals surface area contributed by atoms with E-state index in [9.17, 15) is 10.2 Å². The number of nitrogens with zero attached hydrogens (tertiary/aromatic N) is 1. The largest absolute Gasteiger partial charge is 0.508 e. The van der Waals surface area contributed by atoms with Crippen molar-refractivity contribution < 1.29 is 10.2 Å². The quantitative estimate of drug-likeness (QED) is 0.619. The SMILES string of the molecule is Cc1cccc2[nH]c3c(c12)C[C@]1(O)CN(CC2CC2)CC[C@@]1(c1cccc(O)c1)C3. The lowest BCUT2D eigenvalue weighted by atomic mass is 9.56. The first-order chi connectivity index (χ1) is 14.5. The second kappa shape index (κ2) is 6.35. The normalized spacial score (nSPS) is 29.0. The summed E-state index contributed by atoms with van der Waals surface area (Å²) in [4.78, 5) is 6.17. The summed E-state index contributed by atoms with van der Waals surface area (Å²) in [7, 11) is 0. The van der Waals surface area contributed by atoms with E-state index < -0.39 is 5.60 Å². The van der Waals surface area contributed by atoms with Crippen molar-refractivity contribution in [2.45, 2.75) is 50.0 Å². The predicted molar refractivity (Wildman–Crippen MR) is 119 cm³/mol. The van der Waals surface area contributed by atoms with Crippen molar-refractivity contribution >= 4 is 10.9 Å². The number of phenolic OH excluding ortho intramolecular Hbond substituents is 1. The van der Waals surface area contributed by atoms with Crippen molar-refractivity contribution in [1.82, 2.24) is 9.88 Å². The highest BCUT2D eigenvalue weighted by Gasteiger charge is 2.57. The molecule has 4 heteroatoms. The minimum atomic E-state index is -0.849. The van der Waals surface area contributed by atoms with Gasteiger partial charge in [0.25, 0.3) is 0 Å². The summed E-state index contributed by atoms with van der Waals surface area (Å²) in [6.07, 6.45) is 5.02. The topological polar surface area (TPSA) is 59.5 Å². The van der Waals surface area contributed by atoms with Gasteiger partial charge in [0, 0.05) is 47.9 Å². The fraction of sp³-hybridized carbons (Fsp3) is 0.462. The van der Waals surface area contributed by atoms with Gasteiger partial charge in [0.05, 0.1) is 5.60 Å². The first kappa shape index (κ1) is 18.5. The number of nitrogens with one attached hydrogen (secondary N) is 1. The molecule has 6 rings (SSSR count). The number of piperidine rings is 1. The number of hydrogen-bond acceptors (Lipinski definition) is 3. The van der Waals surface area contributed by atoms with E-state index in [-0.39, 0.29) is 11.2 Å². The Kier molecular flexibility index (Phi) is 3.91. The number of aromatic nitrogens is 1. The molecule has 2 atom stereocenters. The van der Waals surface area contributed by atoms with Gasteiger partial charge in [-0.25, -0.2) is 0 Å². The number of likely N-dealkylation sites (tertiary alicyclic amines) is 1. The summed E-state index contributed by atoms with van der Waals surface area (Å²) in [6, 6.07) is 14.0. The monoisotopic (exact) mass is 402 g/mol. The molecule has 1 aliphatic heterocycles. The predicted octanol–water partition coefficient (Wildman–Crippen LogP) is 4.07. The molecule has 4 nitrogen and oxygen atoms in total. The first-order valence-corrected chi connectivity index (χ1v) is 11.3. The van der Waals surface area contributed by atoms with Crippen LogP contribution in [0.2, 0.25) is 0 Å². The minimum Gasteiger partial charge on any atom is -0.508 e. The number of H-pyrrole nitrogens is 1. The minimum absolute atomic E-state index is 0.280. The number of hydrogen-bond donors (Lipinski definition) is 3. The van der Waals surface area contributed by atoms with E-state index in [1.54, 1.807) is 6.07 Å². The van der Waals surface area contributed by atoms with Crippen LogP contribution in [-0.2, 0) is 18.3 Å². The molecule has 30 heavy (non-hydrogen) atoms. The van der Waals surface area contributed by atoms with Gasteiger partial charge in [0.15, 0.2) is 0 Å². The molecule has 3 N–H and O–H groups in total. The molecule has 1 saturated heterocycles. The van der Waals surface area contributed by atoms with Crippen molar-refractivity contribution in [2.24, 2.45) is 5.92 Å². The second-order valence-corrected chi connectivity index (χ2v) is 10.0. The van der Waals surface area contributed by atoms with E-state index >= 15 is 0 Å². The molecular weight excluding hydrogens is 372 g/mol. The van der Waals surface area contributed by atoms with Crippen LogP contribution < -0.4 is 0 Å². The number of aromatic hydroxyl groups is 1. The van der Waals surface area contributed by atoms with Gasteiger partial charge < -0.3 is 20.1 Å². The Morgan fingerprint density at radius 3 is 2.77 bits per heavy atom. The molecule has 2 heterocycles. The lowest BCUT2D eigenvalue weighted by molar-refractivity contribution is -0.103. The van der Waals surface area contributed by atoms with Crippen molar-refractivity contribution in [3.05, 3.63) is 64.8 Å². The zero-order valence-electron chi connectivity index (χ0n) is 17.6. The van der Waals surface area contributed by atoms with E-state index in [0.717, 1.165) is 37.4 Å². The van der Waals surface area contributed by atoms with Crippen molar-refractivity contribution in [1.29, 1.82) is 0 Å². The van der Waals surface area contributed by atoms with E-state index in [0.29, 0.717) is 13.0 Å². The molecule has 156 valence electrons. The number of aliphatic hydroxyl groups is 1. The molecule has 0 unspecified atom stereocenters. The Hall–Kier alpha value is -2.30. The standard InChI is InChI=1S/C26H30N2O2/c1-17-4-2-7-22-24(17)21-13-26(30)16-28(15-18-8-9-18)11-10-25(26,14-23(21)27-22)19-5-3-6-20(29)12-19/h2-7,12,18,27,29-30H,8-11,13-16H2,1H3/t25-,26-/m0/s1. The van der Waals surface area contributed by atoms with Gasteiger partial charge in [-0.2, -0.15) is 0 Å². The number of β-amino-alcohol motifs (C(OH)–C–C–N with tert-alkyl or cyclic N) is 1. The van der Waals surface area contributed by atoms with Gasteiger partial charge in [-0.3, -0.25) is 0 Å².